The Morgan fingerprint density at radius 2 is 1.90 bits per heavy atom. The summed E-state index contributed by atoms with van der Waals surface area (Å²) in [5, 5.41) is 3.41. The zero-order valence-electron chi connectivity index (χ0n) is 11.9. The summed E-state index contributed by atoms with van der Waals surface area (Å²) in [4.78, 5) is 6.28. The Morgan fingerprint density at radius 3 is 2.50 bits per heavy atom. The molecule has 0 spiro atoms. The van der Waals surface area contributed by atoms with E-state index in [0.717, 1.165) is 22.4 Å². The van der Waals surface area contributed by atoms with Crippen molar-refractivity contribution in [3.05, 3.63) is 46.6 Å². The molecule has 0 fully saturated rings. The fourth-order valence-electron chi connectivity index (χ4n) is 1.92. The zero-order chi connectivity index (χ0) is 14.5. The molecule has 4 nitrogen and oxygen atoms in total. The van der Waals surface area contributed by atoms with Gasteiger partial charge in [0.2, 0.25) is 5.88 Å². The van der Waals surface area contributed by atoms with Crippen molar-refractivity contribution in [2.75, 3.05) is 31.4 Å². The van der Waals surface area contributed by atoms with E-state index in [2.05, 4.69) is 38.4 Å². The minimum Gasteiger partial charge on any atom is -0.479 e. The van der Waals surface area contributed by atoms with Crippen molar-refractivity contribution in [1.29, 1.82) is 0 Å². The van der Waals surface area contributed by atoms with E-state index in [-0.39, 0.29) is 0 Å². The van der Waals surface area contributed by atoms with Gasteiger partial charge in [-0.15, -0.1) is 0 Å². The molecule has 1 aromatic carbocycles. The number of halogens is 1. The van der Waals surface area contributed by atoms with Crippen molar-refractivity contribution < 1.29 is 4.74 Å². The average Bonchev–Trinajstić information content (AvgIpc) is 2.46. The lowest BCUT2D eigenvalue weighted by Gasteiger charge is -2.20. The normalized spacial score (nSPS) is 10.2. The molecule has 5 heteroatoms. The maximum Gasteiger partial charge on any atom is 0.239 e. The molecule has 2 aromatic rings. The number of hydrogen-bond acceptors (Lipinski definition) is 4. The third-order valence-corrected chi connectivity index (χ3v) is 3.48. The number of nitrogens with zero attached hydrogens (tertiary/aromatic N) is 2. The first-order valence-corrected chi connectivity index (χ1v) is 7.09. The van der Waals surface area contributed by atoms with E-state index in [0.29, 0.717) is 5.88 Å². The number of rotatable bonds is 5. The van der Waals surface area contributed by atoms with Gasteiger partial charge in [0.05, 0.1) is 12.8 Å². The highest BCUT2D eigenvalue weighted by Crippen LogP contribution is 2.32. The van der Waals surface area contributed by atoms with Gasteiger partial charge in [-0.2, -0.15) is 0 Å². The molecule has 0 aliphatic rings. The third-order valence-electron chi connectivity index (χ3n) is 2.95. The monoisotopic (exact) mass is 335 g/mol. The first kappa shape index (κ1) is 14.7. The predicted molar refractivity (Wildman–Crippen MR) is 86.6 cm³/mol. The van der Waals surface area contributed by atoms with Gasteiger partial charge >= 0.3 is 0 Å². The summed E-state index contributed by atoms with van der Waals surface area (Å²) >= 11 is 3.44. The molecular formula is C15H18BrN3O. The molecule has 0 bridgehead atoms. The summed E-state index contributed by atoms with van der Waals surface area (Å²) in [5.74, 6) is 0.605. The highest BCUT2D eigenvalue weighted by molar-refractivity contribution is 9.10. The average molecular weight is 336 g/mol. The molecule has 0 atom stereocenters. The van der Waals surface area contributed by atoms with Gasteiger partial charge in [-0.3, -0.25) is 0 Å². The SMILES string of the molecule is COc1nccc(N(C)C)c1NCc1ccc(Br)cc1. The molecule has 1 N–H and O–H groups in total. The van der Waals surface area contributed by atoms with Gasteiger partial charge in [-0.1, -0.05) is 28.1 Å². The molecule has 0 saturated heterocycles. The molecule has 0 amide bonds. The van der Waals surface area contributed by atoms with Crippen molar-refractivity contribution in [2.45, 2.75) is 6.54 Å². The summed E-state index contributed by atoms with van der Waals surface area (Å²) in [5.41, 5.74) is 3.15. The van der Waals surface area contributed by atoms with Crippen LogP contribution in [0.25, 0.3) is 0 Å². The Kier molecular flexibility index (Phi) is 4.84. The van der Waals surface area contributed by atoms with Crippen LogP contribution in [0.3, 0.4) is 0 Å². The Bertz CT molecular complexity index is 570. The van der Waals surface area contributed by atoms with Crippen LogP contribution in [0.1, 0.15) is 5.56 Å². The van der Waals surface area contributed by atoms with Crippen LogP contribution in [0, 0.1) is 0 Å². The molecule has 1 heterocycles. The minimum absolute atomic E-state index is 0.605. The lowest BCUT2D eigenvalue weighted by atomic mass is 10.2. The van der Waals surface area contributed by atoms with Crippen LogP contribution in [0.4, 0.5) is 11.4 Å². The van der Waals surface area contributed by atoms with E-state index in [9.17, 15) is 0 Å². The van der Waals surface area contributed by atoms with Gasteiger partial charge in [-0.25, -0.2) is 4.98 Å². The highest BCUT2D eigenvalue weighted by Gasteiger charge is 2.11. The van der Waals surface area contributed by atoms with E-state index in [1.54, 1.807) is 13.3 Å². The molecule has 0 aliphatic heterocycles. The minimum atomic E-state index is 0.605. The van der Waals surface area contributed by atoms with Crippen molar-refractivity contribution >= 4 is 27.3 Å². The summed E-state index contributed by atoms with van der Waals surface area (Å²) in [6, 6.07) is 10.2. The largest absolute Gasteiger partial charge is 0.479 e. The van der Waals surface area contributed by atoms with Gasteiger partial charge in [0.15, 0.2) is 0 Å². The van der Waals surface area contributed by atoms with Crippen molar-refractivity contribution in [3.8, 4) is 5.88 Å². The molecule has 1 aromatic heterocycles. The van der Waals surface area contributed by atoms with E-state index < -0.39 is 0 Å². The van der Waals surface area contributed by atoms with Crippen LogP contribution in [-0.4, -0.2) is 26.2 Å². The molecule has 106 valence electrons. The Balaban J connectivity index is 2.21. The first-order valence-electron chi connectivity index (χ1n) is 6.30. The van der Waals surface area contributed by atoms with Gasteiger partial charge in [0, 0.05) is 31.3 Å². The first-order chi connectivity index (χ1) is 9.61. The number of anilines is 2. The Hall–Kier alpha value is -1.75. The van der Waals surface area contributed by atoms with Crippen LogP contribution < -0.4 is 15.0 Å². The number of hydrogen-bond donors (Lipinski definition) is 1. The molecular weight excluding hydrogens is 318 g/mol. The summed E-state index contributed by atoms with van der Waals surface area (Å²) < 4.78 is 6.41. The number of aromatic nitrogens is 1. The second kappa shape index (κ2) is 6.61. The summed E-state index contributed by atoms with van der Waals surface area (Å²) in [6.07, 6.45) is 1.75. The Labute approximate surface area is 127 Å². The van der Waals surface area contributed by atoms with E-state index in [1.165, 1.54) is 5.56 Å². The summed E-state index contributed by atoms with van der Waals surface area (Å²) in [7, 11) is 5.63. The maximum atomic E-state index is 5.34. The fourth-order valence-corrected chi connectivity index (χ4v) is 2.18. The van der Waals surface area contributed by atoms with Crippen molar-refractivity contribution in [3.63, 3.8) is 0 Å². The van der Waals surface area contributed by atoms with E-state index >= 15 is 0 Å². The smallest absolute Gasteiger partial charge is 0.239 e. The topological polar surface area (TPSA) is 37.4 Å². The van der Waals surface area contributed by atoms with E-state index in [1.807, 2.05) is 37.2 Å². The number of methoxy groups -OCH3 is 1. The lowest BCUT2D eigenvalue weighted by Crippen LogP contribution is -2.13. The lowest BCUT2D eigenvalue weighted by molar-refractivity contribution is 0.400. The number of ether oxygens (including phenoxy) is 1. The molecule has 2 rings (SSSR count). The molecule has 0 unspecified atom stereocenters. The zero-order valence-corrected chi connectivity index (χ0v) is 13.4. The van der Waals surface area contributed by atoms with Gasteiger partial charge in [0.1, 0.15) is 5.69 Å². The second-order valence-corrected chi connectivity index (χ2v) is 5.50. The standard InChI is InChI=1S/C15H18BrN3O/c1-19(2)13-8-9-17-15(20-3)14(13)18-10-11-4-6-12(16)7-5-11/h4-9,18H,10H2,1-3H3. The van der Waals surface area contributed by atoms with Crippen molar-refractivity contribution in [1.82, 2.24) is 4.98 Å². The van der Waals surface area contributed by atoms with Gasteiger partial charge in [0.25, 0.3) is 0 Å². The quantitative estimate of drug-likeness (QED) is 0.906. The van der Waals surface area contributed by atoms with Crippen molar-refractivity contribution in [2.24, 2.45) is 0 Å². The van der Waals surface area contributed by atoms with Crippen LogP contribution >= 0.6 is 15.9 Å². The third kappa shape index (κ3) is 3.42. The molecule has 20 heavy (non-hydrogen) atoms. The predicted octanol–water partition coefficient (Wildman–Crippen LogP) is 3.53. The van der Waals surface area contributed by atoms with Gasteiger partial charge in [-0.05, 0) is 23.8 Å². The summed E-state index contributed by atoms with van der Waals surface area (Å²) in [6.45, 7) is 0.718. The number of pyridine rings is 1. The molecule has 0 saturated carbocycles. The maximum absolute atomic E-state index is 5.34. The number of benzene rings is 1. The fraction of sp³-hybridized carbons (Fsp3) is 0.267. The highest BCUT2D eigenvalue weighted by atomic mass is 79.9. The van der Waals surface area contributed by atoms with E-state index in [4.69, 9.17) is 4.74 Å². The van der Waals surface area contributed by atoms with Crippen LogP contribution in [-0.2, 0) is 6.54 Å². The van der Waals surface area contributed by atoms with Crippen LogP contribution in [0.2, 0.25) is 0 Å². The molecule has 0 radical (unpaired) electrons. The molecule has 0 aliphatic carbocycles. The second-order valence-electron chi connectivity index (χ2n) is 4.59. The van der Waals surface area contributed by atoms with Crippen LogP contribution in [0.5, 0.6) is 5.88 Å². The van der Waals surface area contributed by atoms with Crippen LogP contribution in [0.15, 0.2) is 41.0 Å². The number of nitrogens with one attached hydrogen (secondary N) is 1. The van der Waals surface area contributed by atoms with Gasteiger partial charge < -0.3 is 15.0 Å². The Morgan fingerprint density at radius 1 is 1.20 bits per heavy atom.